The lowest BCUT2D eigenvalue weighted by Gasteiger charge is -2.17. The van der Waals surface area contributed by atoms with Gasteiger partial charge in [-0.25, -0.2) is 0 Å². The third-order valence-electron chi connectivity index (χ3n) is 2.92. The highest BCUT2D eigenvalue weighted by Crippen LogP contribution is 2.09. The number of nitrogens with one attached hydrogen (secondary N) is 1. The number of ether oxygens (including phenoxy) is 1. The van der Waals surface area contributed by atoms with E-state index in [0.29, 0.717) is 0 Å². The molecule has 4 heteroatoms. The summed E-state index contributed by atoms with van der Waals surface area (Å²) in [6, 6.07) is 4.00. The van der Waals surface area contributed by atoms with Crippen molar-refractivity contribution in [1.29, 1.82) is 0 Å². The van der Waals surface area contributed by atoms with Crippen LogP contribution in [0.15, 0.2) is 18.3 Å². The quantitative estimate of drug-likeness (QED) is 0.727. The van der Waals surface area contributed by atoms with Gasteiger partial charge in [-0.15, -0.1) is 0 Å². The van der Waals surface area contributed by atoms with Gasteiger partial charge in [-0.2, -0.15) is 0 Å². The number of hydrogen-bond donors (Lipinski definition) is 1. The second-order valence-electron chi connectivity index (χ2n) is 4.14. The van der Waals surface area contributed by atoms with Crippen molar-refractivity contribution >= 4 is 0 Å². The molecule has 0 radical (unpaired) electrons. The van der Waals surface area contributed by atoms with Crippen LogP contribution in [-0.2, 0) is 6.54 Å². The van der Waals surface area contributed by atoms with Gasteiger partial charge in [0.1, 0.15) is 12.4 Å². The number of pyridine rings is 1. The average Bonchev–Trinajstić information content (AvgIpc) is 2.42. The van der Waals surface area contributed by atoms with Gasteiger partial charge in [0, 0.05) is 13.1 Å². The fraction of sp³-hybridized carbons (Fsp3) is 0.643. The molecule has 0 spiro atoms. The van der Waals surface area contributed by atoms with Gasteiger partial charge in [-0.1, -0.05) is 20.8 Å². The first-order valence-electron chi connectivity index (χ1n) is 6.80. The Bertz CT molecular complexity index is 309. The maximum absolute atomic E-state index is 5.68. The molecule has 0 saturated carbocycles. The summed E-state index contributed by atoms with van der Waals surface area (Å²) in [7, 11) is 0. The van der Waals surface area contributed by atoms with Crippen molar-refractivity contribution in [3.05, 3.63) is 24.0 Å². The third kappa shape index (κ3) is 5.47. The van der Waals surface area contributed by atoms with Crippen molar-refractivity contribution in [3.8, 4) is 5.75 Å². The van der Waals surface area contributed by atoms with Crippen molar-refractivity contribution in [2.75, 3.05) is 32.8 Å². The first kappa shape index (κ1) is 14.9. The Morgan fingerprint density at radius 1 is 1.22 bits per heavy atom. The van der Waals surface area contributed by atoms with Crippen LogP contribution in [-0.4, -0.2) is 42.7 Å². The van der Waals surface area contributed by atoms with E-state index in [0.717, 1.165) is 50.8 Å². The van der Waals surface area contributed by atoms with Crippen LogP contribution in [0.1, 0.15) is 26.5 Å². The molecule has 1 rings (SSSR count). The van der Waals surface area contributed by atoms with Crippen molar-refractivity contribution in [2.24, 2.45) is 0 Å². The second-order valence-corrected chi connectivity index (χ2v) is 4.14. The molecule has 0 aliphatic heterocycles. The predicted molar refractivity (Wildman–Crippen MR) is 74.9 cm³/mol. The Morgan fingerprint density at radius 2 is 2.00 bits per heavy atom. The topological polar surface area (TPSA) is 37.4 Å². The number of likely N-dealkylation sites (N-methyl/N-ethyl adjacent to an activating group) is 1. The van der Waals surface area contributed by atoms with E-state index < -0.39 is 0 Å². The molecule has 102 valence electrons. The van der Waals surface area contributed by atoms with Gasteiger partial charge < -0.3 is 15.0 Å². The molecular weight excluding hydrogens is 226 g/mol. The highest BCUT2D eigenvalue weighted by Gasteiger charge is 2.00. The predicted octanol–water partition coefficient (Wildman–Crippen LogP) is 1.91. The summed E-state index contributed by atoms with van der Waals surface area (Å²) in [5.41, 5.74) is 1.05. The molecule has 0 atom stereocenters. The Hall–Kier alpha value is -1.13. The maximum atomic E-state index is 5.68. The molecule has 0 unspecified atom stereocenters. The zero-order chi connectivity index (χ0) is 13.2. The van der Waals surface area contributed by atoms with E-state index >= 15 is 0 Å². The summed E-state index contributed by atoms with van der Waals surface area (Å²) >= 11 is 0. The normalized spacial score (nSPS) is 10.9. The Balaban J connectivity index is 2.30. The Kier molecular flexibility index (Phi) is 7.37. The van der Waals surface area contributed by atoms with E-state index in [1.807, 2.05) is 12.1 Å². The van der Waals surface area contributed by atoms with Gasteiger partial charge in [0.2, 0.25) is 0 Å². The summed E-state index contributed by atoms with van der Waals surface area (Å²) in [5.74, 6) is 0.849. The molecule has 0 aliphatic carbocycles. The molecular formula is C14H25N3O. The summed E-state index contributed by atoms with van der Waals surface area (Å²) in [4.78, 5) is 6.69. The molecule has 1 N–H and O–H groups in total. The molecule has 0 aliphatic rings. The standard InChI is InChI=1S/C14H25N3O/c1-4-15-11-13-7-8-14(12-16-13)18-10-9-17(5-2)6-3/h7-8,12,15H,4-6,9-11H2,1-3H3. The molecule has 0 saturated heterocycles. The molecule has 0 fully saturated rings. The number of nitrogens with zero attached hydrogens (tertiary/aromatic N) is 2. The Morgan fingerprint density at radius 3 is 2.56 bits per heavy atom. The number of hydrogen-bond acceptors (Lipinski definition) is 4. The van der Waals surface area contributed by atoms with E-state index in [2.05, 4.69) is 36.0 Å². The SMILES string of the molecule is CCNCc1ccc(OCCN(CC)CC)cn1. The van der Waals surface area contributed by atoms with Crippen molar-refractivity contribution < 1.29 is 4.74 Å². The first-order chi connectivity index (χ1) is 8.80. The van der Waals surface area contributed by atoms with Crippen LogP contribution in [0.3, 0.4) is 0 Å². The fourth-order valence-corrected chi connectivity index (χ4v) is 1.69. The van der Waals surface area contributed by atoms with Crippen LogP contribution in [0.5, 0.6) is 5.75 Å². The van der Waals surface area contributed by atoms with Crippen molar-refractivity contribution in [2.45, 2.75) is 27.3 Å². The second kappa shape index (κ2) is 8.89. The number of aromatic nitrogens is 1. The molecule has 0 aromatic carbocycles. The van der Waals surface area contributed by atoms with Crippen molar-refractivity contribution in [1.82, 2.24) is 15.2 Å². The minimum atomic E-state index is 0.718. The van der Waals surface area contributed by atoms with Crippen LogP contribution in [0.4, 0.5) is 0 Å². The lowest BCUT2D eigenvalue weighted by Crippen LogP contribution is -2.27. The molecule has 18 heavy (non-hydrogen) atoms. The van der Waals surface area contributed by atoms with Gasteiger partial charge in [0.15, 0.2) is 0 Å². The van der Waals surface area contributed by atoms with Gasteiger partial charge in [0.05, 0.1) is 11.9 Å². The van der Waals surface area contributed by atoms with Gasteiger partial charge >= 0.3 is 0 Å². The third-order valence-corrected chi connectivity index (χ3v) is 2.92. The van der Waals surface area contributed by atoms with Gasteiger partial charge in [-0.3, -0.25) is 4.98 Å². The lowest BCUT2D eigenvalue weighted by molar-refractivity contribution is 0.222. The minimum absolute atomic E-state index is 0.718. The molecule has 1 aromatic heterocycles. The summed E-state index contributed by atoms with van der Waals surface area (Å²) < 4.78 is 5.68. The highest BCUT2D eigenvalue weighted by atomic mass is 16.5. The van der Waals surface area contributed by atoms with Crippen LogP contribution in [0, 0.1) is 0 Å². The Labute approximate surface area is 110 Å². The molecule has 4 nitrogen and oxygen atoms in total. The molecule has 1 heterocycles. The zero-order valence-electron chi connectivity index (χ0n) is 11.8. The molecule has 1 aromatic rings. The first-order valence-corrected chi connectivity index (χ1v) is 6.80. The van der Waals surface area contributed by atoms with Gasteiger partial charge in [-0.05, 0) is 31.8 Å². The van der Waals surface area contributed by atoms with Crippen molar-refractivity contribution in [3.63, 3.8) is 0 Å². The summed E-state index contributed by atoms with van der Waals surface area (Å²) in [6.45, 7) is 12.0. The largest absolute Gasteiger partial charge is 0.491 e. The van der Waals surface area contributed by atoms with Crippen LogP contribution in [0.25, 0.3) is 0 Å². The van der Waals surface area contributed by atoms with E-state index in [4.69, 9.17) is 4.74 Å². The monoisotopic (exact) mass is 251 g/mol. The molecule has 0 amide bonds. The molecule has 0 bridgehead atoms. The van der Waals surface area contributed by atoms with E-state index in [9.17, 15) is 0 Å². The minimum Gasteiger partial charge on any atom is -0.491 e. The summed E-state index contributed by atoms with van der Waals surface area (Å²) in [5, 5.41) is 3.25. The van der Waals surface area contributed by atoms with E-state index in [-0.39, 0.29) is 0 Å². The smallest absolute Gasteiger partial charge is 0.137 e. The number of rotatable bonds is 9. The fourth-order valence-electron chi connectivity index (χ4n) is 1.69. The van der Waals surface area contributed by atoms with Crippen LogP contribution in [0.2, 0.25) is 0 Å². The zero-order valence-corrected chi connectivity index (χ0v) is 11.8. The van der Waals surface area contributed by atoms with Crippen LogP contribution < -0.4 is 10.1 Å². The van der Waals surface area contributed by atoms with Crippen LogP contribution >= 0.6 is 0 Å². The highest BCUT2D eigenvalue weighted by molar-refractivity contribution is 5.19. The lowest BCUT2D eigenvalue weighted by atomic mass is 10.3. The summed E-state index contributed by atoms with van der Waals surface area (Å²) in [6.07, 6.45) is 1.80. The van der Waals surface area contributed by atoms with E-state index in [1.165, 1.54) is 0 Å². The van der Waals surface area contributed by atoms with Gasteiger partial charge in [0.25, 0.3) is 0 Å². The maximum Gasteiger partial charge on any atom is 0.137 e. The average molecular weight is 251 g/mol. The van der Waals surface area contributed by atoms with E-state index in [1.54, 1.807) is 6.20 Å².